The molecule has 7 nitrogen and oxygen atoms in total. The smallest absolute Gasteiger partial charge is 0.356 e. The average molecular weight is 388 g/mol. The van der Waals surface area contributed by atoms with Gasteiger partial charge in [0.25, 0.3) is 10.0 Å². The topological polar surface area (TPSA) is 120 Å². The number of thiazole rings is 1. The zero-order valence-corrected chi connectivity index (χ0v) is 13.3. The van der Waals surface area contributed by atoms with Gasteiger partial charge in [0.05, 0.1) is 16.8 Å². The summed E-state index contributed by atoms with van der Waals surface area (Å²) < 4.78 is 26.8. The minimum absolute atomic E-state index is 0.0606. The van der Waals surface area contributed by atoms with E-state index in [2.05, 4.69) is 25.6 Å². The number of benzene rings is 1. The fourth-order valence-corrected chi connectivity index (χ4v) is 4.04. The van der Waals surface area contributed by atoms with Gasteiger partial charge in [-0.25, -0.2) is 18.2 Å². The van der Waals surface area contributed by atoms with Crippen molar-refractivity contribution < 1.29 is 18.3 Å². The Kier molecular flexibility index (Phi) is 4.26. The van der Waals surface area contributed by atoms with Crippen LogP contribution in [0.1, 0.15) is 16.1 Å². The number of carbonyl (C=O) groups is 1. The highest BCUT2D eigenvalue weighted by atomic mass is 79.9. The number of halogens is 1. The number of aromatic carboxylic acids is 1. The third-order valence-corrected chi connectivity index (χ3v) is 5.56. The van der Waals surface area contributed by atoms with E-state index in [-0.39, 0.29) is 11.3 Å². The van der Waals surface area contributed by atoms with Crippen LogP contribution in [0.15, 0.2) is 32.4 Å². The van der Waals surface area contributed by atoms with Crippen LogP contribution in [0.5, 0.6) is 0 Å². The SMILES string of the molecule is N#Cc1cc(Br)ccc1NS(=O)(=O)c1scnc1C(=O)O. The lowest BCUT2D eigenvalue weighted by atomic mass is 10.2. The maximum absolute atomic E-state index is 12.2. The number of sulfonamides is 1. The van der Waals surface area contributed by atoms with Crippen molar-refractivity contribution in [1.82, 2.24) is 4.98 Å². The summed E-state index contributed by atoms with van der Waals surface area (Å²) in [6, 6.07) is 6.27. The molecule has 0 saturated carbocycles. The van der Waals surface area contributed by atoms with Crippen molar-refractivity contribution in [1.29, 1.82) is 5.26 Å². The molecule has 2 N–H and O–H groups in total. The van der Waals surface area contributed by atoms with Gasteiger partial charge in [-0.3, -0.25) is 4.72 Å². The number of aromatic nitrogens is 1. The molecule has 0 aliphatic heterocycles. The first-order valence-corrected chi connectivity index (χ1v) is 8.40. The fourth-order valence-electron chi connectivity index (χ4n) is 1.46. The Labute approximate surface area is 132 Å². The molecule has 1 aromatic heterocycles. The summed E-state index contributed by atoms with van der Waals surface area (Å²) in [4.78, 5) is 14.5. The summed E-state index contributed by atoms with van der Waals surface area (Å²) in [5.74, 6) is -1.44. The molecule has 1 aromatic carbocycles. The molecule has 0 saturated heterocycles. The number of hydrogen-bond acceptors (Lipinski definition) is 6. The highest BCUT2D eigenvalue weighted by Gasteiger charge is 2.26. The Bertz CT molecular complexity index is 855. The molecule has 0 aliphatic rings. The number of nitrogens with one attached hydrogen (secondary N) is 1. The molecule has 2 rings (SSSR count). The standard InChI is InChI=1S/C11H6BrN3O4S2/c12-7-1-2-8(6(3-7)4-13)15-21(18,19)11-9(10(16)17)14-5-20-11/h1-3,5,15H,(H,16,17). The maximum Gasteiger partial charge on any atom is 0.356 e. The second kappa shape index (κ2) is 5.80. The molecule has 0 unspecified atom stereocenters. The molecule has 0 fully saturated rings. The fraction of sp³-hybridized carbons (Fsp3) is 0. The van der Waals surface area contributed by atoms with E-state index in [4.69, 9.17) is 10.4 Å². The molecule has 21 heavy (non-hydrogen) atoms. The van der Waals surface area contributed by atoms with Crippen molar-refractivity contribution in [2.45, 2.75) is 4.21 Å². The first-order valence-electron chi connectivity index (χ1n) is 5.24. The van der Waals surface area contributed by atoms with Crippen LogP contribution in [0.25, 0.3) is 0 Å². The molecule has 0 spiro atoms. The lowest BCUT2D eigenvalue weighted by Crippen LogP contribution is -2.16. The summed E-state index contributed by atoms with van der Waals surface area (Å²) in [5, 5.41) is 17.9. The Morgan fingerprint density at radius 2 is 2.19 bits per heavy atom. The number of carboxylic acid groups (broad SMARTS) is 1. The molecule has 0 bridgehead atoms. The third-order valence-electron chi connectivity index (χ3n) is 2.33. The van der Waals surface area contributed by atoms with Gasteiger partial charge in [0.1, 0.15) is 6.07 Å². The zero-order valence-electron chi connectivity index (χ0n) is 10.1. The summed E-state index contributed by atoms with van der Waals surface area (Å²) >= 11 is 3.86. The Balaban J connectivity index is 2.46. The van der Waals surface area contributed by atoms with Gasteiger partial charge in [-0.1, -0.05) is 15.9 Å². The lowest BCUT2D eigenvalue weighted by Gasteiger charge is -2.08. The molecule has 108 valence electrons. The molecular weight excluding hydrogens is 382 g/mol. The quantitative estimate of drug-likeness (QED) is 0.829. The summed E-state index contributed by atoms with van der Waals surface area (Å²) in [6.45, 7) is 0. The van der Waals surface area contributed by atoms with Gasteiger partial charge in [0.15, 0.2) is 9.90 Å². The first-order chi connectivity index (χ1) is 9.85. The Hall–Kier alpha value is -1.96. The predicted octanol–water partition coefficient (Wildman–Crippen LogP) is 2.28. The monoisotopic (exact) mass is 387 g/mol. The normalized spacial score (nSPS) is 10.9. The summed E-state index contributed by atoms with van der Waals surface area (Å²) in [6.07, 6.45) is 0. The summed E-state index contributed by atoms with van der Waals surface area (Å²) in [7, 11) is -4.13. The van der Waals surface area contributed by atoms with Gasteiger partial charge in [-0.2, -0.15) is 5.26 Å². The van der Waals surface area contributed by atoms with Crippen LogP contribution in [0.4, 0.5) is 5.69 Å². The molecule has 0 aliphatic carbocycles. The average Bonchev–Trinajstić information content (AvgIpc) is 2.91. The van der Waals surface area contributed by atoms with E-state index < -0.39 is 25.9 Å². The Morgan fingerprint density at radius 3 is 2.81 bits per heavy atom. The van der Waals surface area contributed by atoms with E-state index in [0.717, 1.165) is 5.51 Å². The van der Waals surface area contributed by atoms with E-state index in [1.54, 1.807) is 6.07 Å². The summed E-state index contributed by atoms with van der Waals surface area (Å²) in [5.41, 5.74) is 0.744. The Morgan fingerprint density at radius 1 is 1.48 bits per heavy atom. The highest BCUT2D eigenvalue weighted by Crippen LogP contribution is 2.26. The molecule has 1 heterocycles. The van der Waals surface area contributed by atoms with Crippen LogP contribution in [-0.4, -0.2) is 24.5 Å². The largest absolute Gasteiger partial charge is 0.476 e. The van der Waals surface area contributed by atoms with Gasteiger partial charge < -0.3 is 5.11 Å². The van der Waals surface area contributed by atoms with Crippen LogP contribution < -0.4 is 4.72 Å². The number of hydrogen-bond donors (Lipinski definition) is 2. The molecule has 10 heteroatoms. The molecular formula is C11H6BrN3O4S2. The van der Waals surface area contributed by atoms with E-state index in [9.17, 15) is 13.2 Å². The molecule has 0 atom stereocenters. The number of carboxylic acids is 1. The van der Waals surface area contributed by atoms with Crippen LogP contribution in [0, 0.1) is 11.3 Å². The number of nitrogens with zero attached hydrogens (tertiary/aromatic N) is 2. The van der Waals surface area contributed by atoms with Crippen molar-refractivity contribution in [2.24, 2.45) is 0 Å². The molecule has 0 radical (unpaired) electrons. The van der Waals surface area contributed by atoms with E-state index >= 15 is 0 Å². The van der Waals surface area contributed by atoms with E-state index in [0.29, 0.717) is 15.8 Å². The zero-order chi connectivity index (χ0) is 15.6. The number of anilines is 1. The minimum atomic E-state index is -4.13. The van der Waals surface area contributed by atoms with E-state index in [1.165, 1.54) is 12.1 Å². The predicted molar refractivity (Wildman–Crippen MR) is 78.7 cm³/mol. The van der Waals surface area contributed by atoms with Gasteiger partial charge in [-0.05, 0) is 18.2 Å². The van der Waals surface area contributed by atoms with Crippen LogP contribution in [0.3, 0.4) is 0 Å². The van der Waals surface area contributed by atoms with Crippen molar-refractivity contribution in [2.75, 3.05) is 4.72 Å². The van der Waals surface area contributed by atoms with Crippen LogP contribution in [-0.2, 0) is 10.0 Å². The maximum atomic E-state index is 12.2. The van der Waals surface area contributed by atoms with Gasteiger partial charge in [0.2, 0.25) is 0 Å². The van der Waals surface area contributed by atoms with Crippen LogP contribution in [0.2, 0.25) is 0 Å². The van der Waals surface area contributed by atoms with Gasteiger partial charge >= 0.3 is 5.97 Å². The number of nitriles is 1. The van der Waals surface area contributed by atoms with Crippen molar-refractivity contribution in [3.05, 3.63) is 39.4 Å². The van der Waals surface area contributed by atoms with Crippen molar-refractivity contribution in [3.8, 4) is 6.07 Å². The molecule has 0 amide bonds. The number of rotatable bonds is 4. The van der Waals surface area contributed by atoms with Crippen LogP contribution >= 0.6 is 27.3 Å². The molecule has 2 aromatic rings. The van der Waals surface area contributed by atoms with Gasteiger partial charge in [-0.15, -0.1) is 11.3 Å². The first kappa shape index (κ1) is 15.4. The van der Waals surface area contributed by atoms with Crippen molar-refractivity contribution in [3.63, 3.8) is 0 Å². The van der Waals surface area contributed by atoms with E-state index in [1.807, 2.05) is 6.07 Å². The lowest BCUT2D eigenvalue weighted by molar-refractivity contribution is 0.0687. The highest BCUT2D eigenvalue weighted by molar-refractivity contribution is 9.10. The second-order valence-electron chi connectivity index (χ2n) is 3.70. The third kappa shape index (κ3) is 3.21. The second-order valence-corrected chi connectivity index (χ2v) is 7.35. The van der Waals surface area contributed by atoms with Gasteiger partial charge in [0, 0.05) is 4.47 Å². The minimum Gasteiger partial charge on any atom is -0.476 e. The van der Waals surface area contributed by atoms with Crippen molar-refractivity contribution >= 4 is 48.9 Å².